The van der Waals surface area contributed by atoms with Gasteiger partial charge in [-0.05, 0) is 38.4 Å². The lowest BCUT2D eigenvalue weighted by atomic mass is 9.86. The van der Waals surface area contributed by atoms with Crippen LogP contribution in [0.1, 0.15) is 31.0 Å². The Morgan fingerprint density at radius 3 is 2.65 bits per heavy atom. The quantitative estimate of drug-likeness (QED) is 0.431. The summed E-state index contributed by atoms with van der Waals surface area (Å²) in [6.45, 7) is 4.15. The topological polar surface area (TPSA) is 111 Å². The van der Waals surface area contributed by atoms with Crippen LogP contribution in [0.3, 0.4) is 0 Å². The molecule has 0 saturated carbocycles. The zero-order chi connectivity index (χ0) is 18.9. The summed E-state index contributed by atoms with van der Waals surface area (Å²) in [6, 6.07) is 12.4. The number of nitro groups is 1. The number of nitro benzene ring substituents is 1. The van der Waals surface area contributed by atoms with Crippen LogP contribution in [0.4, 0.5) is 11.4 Å². The molecule has 0 spiro atoms. The molecule has 3 rings (SSSR count). The zero-order valence-electron chi connectivity index (χ0n) is 14.8. The number of anilines is 1. The van der Waals surface area contributed by atoms with E-state index in [4.69, 9.17) is 10.5 Å². The highest BCUT2D eigenvalue weighted by atomic mass is 16.6. The molecule has 0 radical (unpaired) electrons. The number of fused-ring (bicyclic) bond motifs is 1. The second-order valence-corrected chi connectivity index (χ2v) is 7.02. The molecule has 2 atom stereocenters. The SMILES string of the molecule is CC1(C)Oc2cc([N+](=O)[O-])c(N)cc2[C@H](NCCc2ccccc2)C1O. The first-order valence-corrected chi connectivity index (χ1v) is 8.52. The molecule has 4 N–H and O–H groups in total. The molecule has 1 aliphatic heterocycles. The van der Waals surface area contributed by atoms with Gasteiger partial charge in [-0.2, -0.15) is 0 Å². The van der Waals surface area contributed by atoms with Gasteiger partial charge in [0.1, 0.15) is 23.1 Å². The van der Waals surface area contributed by atoms with Crippen molar-refractivity contribution in [1.29, 1.82) is 0 Å². The molecule has 0 saturated heterocycles. The molecule has 1 aliphatic rings. The molecular weight excluding hydrogens is 334 g/mol. The van der Waals surface area contributed by atoms with Crippen molar-refractivity contribution in [1.82, 2.24) is 5.32 Å². The van der Waals surface area contributed by atoms with Crippen LogP contribution in [0.2, 0.25) is 0 Å². The fraction of sp³-hybridized carbons (Fsp3) is 0.368. The Labute approximate surface area is 151 Å². The molecule has 138 valence electrons. The summed E-state index contributed by atoms with van der Waals surface area (Å²) in [5, 5.41) is 25.2. The Kier molecular flexibility index (Phi) is 4.84. The van der Waals surface area contributed by atoms with Gasteiger partial charge in [-0.25, -0.2) is 0 Å². The maximum absolute atomic E-state index is 11.1. The largest absolute Gasteiger partial charge is 0.484 e. The minimum absolute atomic E-state index is 0.0547. The Bertz CT molecular complexity index is 808. The molecule has 0 fully saturated rings. The molecule has 1 unspecified atom stereocenters. The van der Waals surface area contributed by atoms with Crippen molar-refractivity contribution in [3.8, 4) is 5.75 Å². The highest BCUT2D eigenvalue weighted by Crippen LogP contribution is 2.43. The van der Waals surface area contributed by atoms with Gasteiger partial charge in [0.15, 0.2) is 0 Å². The predicted molar refractivity (Wildman–Crippen MR) is 99.1 cm³/mol. The Morgan fingerprint density at radius 1 is 1.31 bits per heavy atom. The molecule has 2 aromatic carbocycles. The molecule has 7 heteroatoms. The number of nitrogens with two attached hydrogens (primary N) is 1. The number of aliphatic hydroxyl groups excluding tert-OH is 1. The van der Waals surface area contributed by atoms with Crippen LogP contribution in [-0.2, 0) is 6.42 Å². The number of ether oxygens (including phenoxy) is 1. The second-order valence-electron chi connectivity index (χ2n) is 7.02. The summed E-state index contributed by atoms with van der Waals surface area (Å²) in [5.74, 6) is 0.374. The van der Waals surface area contributed by atoms with Crippen molar-refractivity contribution in [2.24, 2.45) is 0 Å². The van der Waals surface area contributed by atoms with Crippen molar-refractivity contribution in [3.63, 3.8) is 0 Å². The van der Waals surface area contributed by atoms with E-state index in [0.29, 0.717) is 17.9 Å². The van der Waals surface area contributed by atoms with Gasteiger partial charge >= 0.3 is 0 Å². The predicted octanol–water partition coefficient (Wildman–Crippen LogP) is 2.58. The number of benzene rings is 2. The van der Waals surface area contributed by atoms with Gasteiger partial charge in [0, 0.05) is 5.56 Å². The van der Waals surface area contributed by atoms with E-state index in [1.54, 1.807) is 13.8 Å². The second kappa shape index (κ2) is 6.93. The van der Waals surface area contributed by atoms with Crippen LogP contribution in [0.25, 0.3) is 0 Å². The summed E-state index contributed by atoms with van der Waals surface area (Å²) in [6.07, 6.45) is -0.0324. The van der Waals surface area contributed by atoms with Gasteiger partial charge < -0.3 is 20.9 Å². The van der Waals surface area contributed by atoms with E-state index in [1.165, 1.54) is 17.7 Å². The van der Waals surface area contributed by atoms with Gasteiger partial charge in [-0.3, -0.25) is 10.1 Å². The highest BCUT2D eigenvalue weighted by molar-refractivity contribution is 5.65. The standard InChI is InChI=1S/C19H23N3O4/c1-19(2)18(23)17(21-9-8-12-6-4-3-5-7-12)13-10-14(20)15(22(24)25)11-16(13)26-19/h3-7,10-11,17-18,21,23H,8-9,20H2,1-2H3/t17-,18?/m0/s1. The lowest BCUT2D eigenvalue weighted by molar-refractivity contribution is -0.384. The first-order chi connectivity index (χ1) is 12.3. The number of rotatable bonds is 5. The average molecular weight is 357 g/mol. The van der Waals surface area contributed by atoms with E-state index in [1.807, 2.05) is 30.3 Å². The lowest BCUT2D eigenvalue weighted by Gasteiger charge is -2.42. The summed E-state index contributed by atoms with van der Waals surface area (Å²) in [5.41, 5.74) is 6.62. The van der Waals surface area contributed by atoms with E-state index in [0.717, 1.165) is 6.42 Å². The van der Waals surface area contributed by atoms with E-state index < -0.39 is 22.7 Å². The van der Waals surface area contributed by atoms with Gasteiger partial charge in [-0.15, -0.1) is 0 Å². The number of nitrogens with zero attached hydrogens (tertiary/aromatic N) is 1. The number of nitrogens with one attached hydrogen (secondary N) is 1. The lowest BCUT2D eigenvalue weighted by Crippen LogP contribution is -2.52. The fourth-order valence-corrected chi connectivity index (χ4v) is 3.25. The van der Waals surface area contributed by atoms with Crippen LogP contribution < -0.4 is 15.8 Å². The van der Waals surface area contributed by atoms with E-state index in [2.05, 4.69) is 5.32 Å². The number of hydrogen-bond acceptors (Lipinski definition) is 6. The van der Waals surface area contributed by atoms with Crippen LogP contribution >= 0.6 is 0 Å². The van der Waals surface area contributed by atoms with Crippen LogP contribution in [0.5, 0.6) is 5.75 Å². The molecule has 2 aromatic rings. The first-order valence-electron chi connectivity index (χ1n) is 8.52. The van der Waals surface area contributed by atoms with Crippen LogP contribution in [-0.4, -0.2) is 28.3 Å². The number of hydrogen-bond donors (Lipinski definition) is 3. The zero-order valence-corrected chi connectivity index (χ0v) is 14.8. The molecule has 0 bridgehead atoms. The van der Waals surface area contributed by atoms with Crippen molar-refractivity contribution >= 4 is 11.4 Å². The van der Waals surface area contributed by atoms with Crippen LogP contribution in [0, 0.1) is 10.1 Å². The van der Waals surface area contributed by atoms with E-state index in [-0.39, 0.29) is 11.4 Å². The maximum atomic E-state index is 11.1. The maximum Gasteiger partial charge on any atom is 0.295 e. The fourth-order valence-electron chi connectivity index (χ4n) is 3.25. The molecule has 7 nitrogen and oxygen atoms in total. The average Bonchev–Trinajstić information content (AvgIpc) is 2.59. The van der Waals surface area contributed by atoms with E-state index >= 15 is 0 Å². The smallest absolute Gasteiger partial charge is 0.295 e. The van der Waals surface area contributed by atoms with Gasteiger partial charge in [-0.1, -0.05) is 30.3 Å². The minimum Gasteiger partial charge on any atom is -0.484 e. The number of aliphatic hydroxyl groups is 1. The third-order valence-corrected chi connectivity index (χ3v) is 4.71. The van der Waals surface area contributed by atoms with E-state index in [9.17, 15) is 15.2 Å². The summed E-state index contributed by atoms with van der Waals surface area (Å²) in [7, 11) is 0. The molecule has 0 aliphatic carbocycles. The summed E-state index contributed by atoms with van der Waals surface area (Å²) in [4.78, 5) is 10.6. The third-order valence-electron chi connectivity index (χ3n) is 4.71. The van der Waals surface area contributed by atoms with Crippen molar-refractivity contribution < 1.29 is 14.8 Å². The Morgan fingerprint density at radius 2 is 2.00 bits per heavy atom. The first kappa shape index (κ1) is 18.2. The Hall–Kier alpha value is -2.64. The van der Waals surface area contributed by atoms with Crippen LogP contribution in [0.15, 0.2) is 42.5 Å². The molecule has 26 heavy (non-hydrogen) atoms. The van der Waals surface area contributed by atoms with Crippen molar-refractivity contribution in [3.05, 3.63) is 63.7 Å². The van der Waals surface area contributed by atoms with Gasteiger partial charge in [0.2, 0.25) is 0 Å². The van der Waals surface area contributed by atoms with Crippen molar-refractivity contribution in [2.45, 2.75) is 38.0 Å². The summed E-state index contributed by atoms with van der Waals surface area (Å²) < 4.78 is 5.82. The minimum atomic E-state index is -0.888. The van der Waals surface area contributed by atoms with Crippen molar-refractivity contribution in [2.75, 3.05) is 12.3 Å². The monoisotopic (exact) mass is 357 g/mol. The molecular formula is C19H23N3O4. The van der Waals surface area contributed by atoms with Gasteiger partial charge in [0.05, 0.1) is 17.0 Å². The van der Waals surface area contributed by atoms with Gasteiger partial charge in [0.25, 0.3) is 5.69 Å². The highest BCUT2D eigenvalue weighted by Gasteiger charge is 2.43. The third kappa shape index (κ3) is 3.49. The Balaban J connectivity index is 1.87. The molecule has 1 heterocycles. The molecule has 0 amide bonds. The summed E-state index contributed by atoms with van der Waals surface area (Å²) >= 11 is 0. The normalized spacial score (nSPS) is 20.9. The molecule has 0 aromatic heterocycles. The number of nitrogen functional groups attached to an aromatic ring is 1.